The molecule has 2 aromatic rings. The second-order valence-electron chi connectivity index (χ2n) is 6.16. The van der Waals surface area contributed by atoms with E-state index in [0.717, 1.165) is 37.6 Å². The Kier molecular flexibility index (Phi) is 8.02. The molecule has 0 fully saturated rings. The van der Waals surface area contributed by atoms with E-state index < -0.39 is 0 Å². The fourth-order valence-electron chi connectivity index (χ4n) is 2.58. The molecule has 2 N–H and O–H groups in total. The summed E-state index contributed by atoms with van der Waals surface area (Å²) in [7, 11) is 0. The van der Waals surface area contributed by atoms with Crippen LogP contribution in [-0.4, -0.2) is 19.7 Å². The Bertz CT molecular complexity index is 598. The fourth-order valence-corrected chi connectivity index (χ4v) is 2.58. The van der Waals surface area contributed by atoms with Gasteiger partial charge in [-0.15, -0.1) is 0 Å². The van der Waals surface area contributed by atoms with Gasteiger partial charge in [-0.25, -0.2) is 0 Å². The van der Waals surface area contributed by atoms with Gasteiger partial charge in [0.15, 0.2) is 0 Å². The molecule has 0 heterocycles. The van der Waals surface area contributed by atoms with E-state index in [0.29, 0.717) is 0 Å². The Morgan fingerprint density at radius 2 is 1.54 bits per heavy atom. The summed E-state index contributed by atoms with van der Waals surface area (Å²) in [5, 5.41) is 6.87. The van der Waals surface area contributed by atoms with E-state index in [2.05, 4.69) is 60.9 Å². The molecule has 0 aliphatic carbocycles. The van der Waals surface area contributed by atoms with E-state index in [9.17, 15) is 0 Å². The summed E-state index contributed by atoms with van der Waals surface area (Å²) in [5.74, 6) is 0.947. The maximum atomic E-state index is 5.83. The molecule has 0 saturated heterocycles. The maximum absolute atomic E-state index is 5.83. The van der Waals surface area contributed by atoms with Crippen LogP contribution < -0.4 is 15.4 Å². The van der Waals surface area contributed by atoms with Gasteiger partial charge >= 0.3 is 0 Å². The number of unbranched alkanes of at least 4 members (excludes halogenated alkanes) is 3. The number of hydrogen-bond acceptors (Lipinski definition) is 3. The molecule has 130 valence electrons. The Morgan fingerprint density at radius 3 is 2.25 bits per heavy atom. The normalized spacial score (nSPS) is 10.4. The van der Waals surface area contributed by atoms with Crippen LogP contribution >= 0.6 is 0 Å². The molecule has 3 nitrogen and oxygen atoms in total. The predicted molar refractivity (Wildman–Crippen MR) is 104 cm³/mol. The molecule has 3 heteroatoms. The van der Waals surface area contributed by atoms with Crippen molar-refractivity contribution in [1.29, 1.82) is 0 Å². The SMILES string of the molecule is CCCCCCOc1cccc(NCCNc2cccc(C)c2)c1. The van der Waals surface area contributed by atoms with Gasteiger partial charge < -0.3 is 15.4 Å². The highest BCUT2D eigenvalue weighted by atomic mass is 16.5. The Labute approximate surface area is 146 Å². The molecule has 0 aliphatic rings. The van der Waals surface area contributed by atoms with Crippen molar-refractivity contribution in [2.24, 2.45) is 0 Å². The van der Waals surface area contributed by atoms with Crippen LogP contribution in [-0.2, 0) is 0 Å². The zero-order chi connectivity index (χ0) is 17.0. The van der Waals surface area contributed by atoms with Gasteiger partial charge in [0.1, 0.15) is 5.75 Å². The number of rotatable bonds is 11. The van der Waals surface area contributed by atoms with Crippen molar-refractivity contribution in [3.63, 3.8) is 0 Å². The van der Waals surface area contributed by atoms with Gasteiger partial charge in [0.2, 0.25) is 0 Å². The van der Waals surface area contributed by atoms with Gasteiger partial charge in [0, 0.05) is 30.5 Å². The summed E-state index contributed by atoms with van der Waals surface area (Å²) in [6, 6.07) is 16.7. The van der Waals surface area contributed by atoms with Crippen LogP contribution in [0.25, 0.3) is 0 Å². The van der Waals surface area contributed by atoms with E-state index in [4.69, 9.17) is 4.74 Å². The van der Waals surface area contributed by atoms with Gasteiger partial charge in [-0.05, 0) is 43.2 Å². The second kappa shape index (κ2) is 10.6. The molecular formula is C21H30N2O. The number of benzene rings is 2. The molecule has 0 atom stereocenters. The molecule has 0 saturated carbocycles. The number of nitrogens with one attached hydrogen (secondary N) is 2. The predicted octanol–water partition coefficient (Wildman–Crippen LogP) is 5.48. The highest BCUT2D eigenvalue weighted by Gasteiger charge is 1.98. The van der Waals surface area contributed by atoms with E-state index in [1.54, 1.807) is 0 Å². The summed E-state index contributed by atoms with van der Waals surface area (Å²) >= 11 is 0. The van der Waals surface area contributed by atoms with Crippen LogP contribution in [0, 0.1) is 6.92 Å². The number of aryl methyl sites for hydroxylation is 1. The van der Waals surface area contributed by atoms with Gasteiger partial charge in [0.05, 0.1) is 6.61 Å². The monoisotopic (exact) mass is 326 g/mol. The van der Waals surface area contributed by atoms with E-state index in [-0.39, 0.29) is 0 Å². The molecule has 0 spiro atoms. The number of ether oxygens (including phenoxy) is 1. The Balaban J connectivity index is 1.68. The summed E-state index contributed by atoms with van der Waals surface area (Å²) in [5.41, 5.74) is 3.55. The molecule has 0 unspecified atom stereocenters. The van der Waals surface area contributed by atoms with Gasteiger partial charge in [-0.1, -0.05) is 44.4 Å². The summed E-state index contributed by atoms with van der Waals surface area (Å²) in [6.07, 6.45) is 4.93. The lowest BCUT2D eigenvalue weighted by Gasteiger charge is -2.11. The minimum absolute atomic E-state index is 0.804. The van der Waals surface area contributed by atoms with Crippen molar-refractivity contribution in [2.45, 2.75) is 39.5 Å². The van der Waals surface area contributed by atoms with Crippen LogP contribution in [0.1, 0.15) is 38.2 Å². The fraction of sp³-hybridized carbons (Fsp3) is 0.429. The van der Waals surface area contributed by atoms with Gasteiger partial charge in [0.25, 0.3) is 0 Å². The van der Waals surface area contributed by atoms with Gasteiger partial charge in [-0.3, -0.25) is 0 Å². The van der Waals surface area contributed by atoms with E-state index >= 15 is 0 Å². The first-order valence-corrected chi connectivity index (χ1v) is 9.05. The molecule has 0 amide bonds. The standard InChI is InChI=1S/C21H30N2O/c1-3-4-5-6-15-24-21-12-8-11-20(17-21)23-14-13-22-19-10-7-9-18(2)16-19/h7-12,16-17,22-23H,3-6,13-15H2,1-2H3. The second-order valence-corrected chi connectivity index (χ2v) is 6.16. The summed E-state index contributed by atoms with van der Waals surface area (Å²) in [4.78, 5) is 0. The maximum Gasteiger partial charge on any atom is 0.121 e. The molecule has 2 aromatic carbocycles. The number of anilines is 2. The summed E-state index contributed by atoms with van der Waals surface area (Å²) in [6.45, 7) is 6.89. The highest BCUT2D eigenvalue weighted by molar-refractivity contribution is 5.49. The molecule has 0 bridgehead atoms. The topological polar surface area (TPSA) is 33.3 Å². The lowest BCUT2D eigenvalue weighted by atomic mass is 10.2. The van der Waals surface area contributed by atoms with Crippen LogP contribution in [0.15, 0.2) is 48.5 Å². The first kappa shape index (κ1) is 18.2. The third kappa shape index (κ3) is 6.95. The Morgan fingerprint density at radius 1 is 0.833 bits per heavy atom. The largest absolute Gasteiger partial charge is 0.494 e. The number of hydrogen-bond donors (Lipinski definition) is 2. The smallest absolute Gasteiger partial charge is 0.121 e. The lowest BCUT2D eigenvalue weighted by Crippen LogP contribution is -2.13. The van der Waals surface area contributed by atoms with E-state index in [1.165, 1.54) is 30.5 Å². The van der Waals surface area contributed by atoms with Crippen molar-refractivity contribution in [3.05, 3.63) is 54.1 Å². The van der Waals surface area contributed by atoms with Crippen molar-refractivity contribution < 1.29 is 4.74 Å². The quantitative estimate of drug-likeness (QED) is 0.537. The third-order valence-corrected chi connectivity index (χ3v) is 3.90. The molecule has 0 aliphatic heterocycles. The third-order valence-electron chi connectivity index (χ3n) is 3.90. The van der Waals surface area contributed by atoms with Crippen LogP contribution in [0.3, 0.4) is 0 Å². The van der Waals surface area contributed by atoms with Crippen LogP contribution in [0.2, 0.25) is 0 Å². The van der Waals surface area contributed by atoms with Crippen LogP contribution in [0.5, 0.6) is 5.75 Å². The van der Waals surface area contributed by atoms with Gasteiger partial charge in [-0.2, -0.15) is 0 Å². The van der Waals surface area contributed by atoms with Crippen LogP contribution in [0.4, 0.5) is 11.4 Å². The van der Waals surface area contributed by atoms with Crippen molar-refractivity contribution in [3.8, 4) is 5.75 Å². The first-order valence-electron chi connectivity index (χ1n) is 9.05. The summed E-state index contributed by atoms with van der Waals surface area (Å²) < 4.78 is 5.83. The first-order chi connectivity index (χ1) is 11.8. The Hall–Kier alpha value is -2.16. The average Bonchev–Trinajstić information content (AvgIpc) is 2.59. The highest BCUT2D eigenvalue weighted by Crippen LogP contribution is 2.17. The molecule has 2 rings (SSSR count). The molecule has 0 radical (unpaired) electrons. The van der Waals surface area contributed by atoms with E-state index in [1.807, 2.05) is 12.1 Å². The van der Waals surface area contributed by atoms with Crippen molar-refractivity contribution in [2.75, 3.05) is 30.3 Å². The molecule has 0 aromatic heterocycles. The molecule has 24 heavy (non-hydrogen) atoms. The minimum Gasteiger partial charge on any atom is -0.494 e. The molecular weight excluding hydrogens is 296 g/mol. The van der Waals surface area contributed by atoms with Crippen molar-refractivity contribution >= 4 is 11.4 Å². The average molecular weight is 326 g/mol. The minimum atomic E-state index is 0.804. The lowest BCUT2D eigenvalue weighted by molar-refractivity contribution is 0.305. The zero-order valence-corrected chi connectivity index (χ0v) is 15.0. The van der Waals surface area contributed by atoms with Crippen molar-refractivity contribution in [1.82, 2.24) is 0 Å². The zero-order valence-electron chi connectivity index (χ0n) is 15.0.